The number of hydrogen-bond donors (Lipinski definition) is 0. The molecule has 22 heavy (non-hydrogen) atoms. The van der Waals surface area contributed by atoms with Crippen molar-refractivity contribution in [3.8, 4) is 0 Å². The van der Waals surface area contributed by atoms with Crippen molar-refractivity contribution in [2.24, 2.45) is 23.7 Å². The first-order valence-electron chi connectivity index (χ1n) is 8.74. The predicted octanol–water partition coefficient (Wildman–Crippen LogP) is 3.02. The van der Waals surface area contributed by atoms with Gasteiger partial charge >= 0.3 is 0 Å². The number of Topliss-reactive ketones (excluding diaryl/α,β-unsaturated/α-hetero) is 1. The van der Waals surface area contributed by atoms with Crippen LogP contribution in [0.15, 0.2) is 0 Å². The molecule has 0 N–H and O–H groups in total. The lowest BCUT2D eigenvalue weighted by molar-refractivity contribution is -0.470. The van der Waals surface area contributed by atoms with Crippen molar-refractivity contribution in [1.29, 1.82) is 0 Å². The Balaban J connectivity index is 1.50. The van der Waals surface area contributed by atoms with Crippen LogP contribution in [0.5, 0.6) is 0 Å². The molecule has 1 saturated heterocycles. The predicted molar refractivity (Wildman–Crippen MR) is 78.5 cm³/mol. The number of unbranched alkanes of at least 4 members (excludes halogenated alkanes) is 5. The molecule has 0 aromatic rings. The lowest BCUT2D eigenvalue weighted by atomic mass is 9.74. The van der Waals surface area contributed by atoms with Gasteiger partial charge in [-0.05, 0) is 12.8 Å². The standard InChI is InChI=1S/C17H26O5/c1-2-3-4-5-6-7-8-14(19)15-12-9-11(13(15)10-18)16-17(12)21-22-20-16/h10-13,15-17H,2-9H2,1H3/t11-,12+,13-,15+,16-,17+/m1/s1. The Bertz CT molecular complexity index is 410. The number of ketones is 1. The molecule has 124 valence electrons. The highest BCUT2D eigenvalue weighted by Gasteiger charge is 2.64. The molecule has 0 amide bonds. The number of hydrogen-bond acceptors (Lipinski definition) is 5. The third kappa shape index (κ3) is 2.86. The smallest absolute Gasteiger partial charge is 0.137 e. The van der Waals surface area contributed by atoms with Crippen molar-refractivity contribution in [3.63, 3.8) is 0 Å². The lowest BCUT2D eigenvalue weighted by Crippen LogP contribution is -2.43. The fourth-order valence-electron chi connectivity index (χ4n) is 4.60. The zero-order valence-corrected chi connectivity index (χ0v) is 13.2. The molecule has 0 aromatic carbocycles. The van der Waals surface area contributed by atoms with E-state index in [1.807, 2.05) is 0 Å². The van der Waals surface area contributed by atoms with E-state index in [1.165, 1.54) is 25.7 Å². The van der Waals surface area contributed by atoms with Crippen LogP contribution >= 0.6 is 0 Å². The van der Waals surface area contributed by atoms with Gasteiger partial charge in [-0.3, -0.25) is 4.79 Å². The molecular weight excluding hydrogens is 284 g/mol. The molecule has 6 atom stereocenters. The van der Waals surface area contributed by atoms with E-state index in [9.17, 15) is 9.59 Å². The van der Waals surface area contributed by atoms with Gasteiger partial charge in [0.15, 0.2) is 0 Å². The van der Waals surface area contributed by atoms with Gasteiger partial charge in [0.1, 0.15) is 24.3 Å². The molecule has 1 aliphatic heterocycles. The van der Waals surface area contributed by atoms with Crippen LogP contribution in [0.1, 0.15) is 58.3 Å². The van der Waals surface area contributed by atoms with Crippen molar-refractivity contribution in [1.82, 2.24) is 0 Å². The molecular formula is C17H26O5. The maximum absolute atomic E-state index is 12.6. The largest absolute Gasteiger partial charge is 0.303 e. The number of carbonyl (C=O) groups is 2. The first-order chi connectivity index (χ1) is 10.8. The van der Waals surface area contributed by atoms with E-state index in [-0.39, 0.29) is 41.7 Å². The number of rotatable bonds is 9. The number of aldehydes is 1. The van der Waals surface area contributed by atoms with Crippen LogP contribution in [0.2, 0.25) is 0 Å². The molecule has 1 heterocycles. The molecule has 2 bridgehead atoms. The van der Waals surface area contributed by atoms with Crippen molar-refractivity contribution >= 4 is 12.1 Å². The molecule has 5 nitrogen and oxygen atoms in total. The maximum Gasteiger partial charge on any atom is 0.137 e. The molecule has 0 unspecified atom stereocenters. The second-order valence-corrected chi connectivity index (χ2v) is 6.98. The molecule has 2 aliphatic carbocycles. The Kier molecular flexibility index (Phi) is 5.26. The van der Waals surface area contributed by atoms with E-state index < -0.39 is 0 Å². The van der Waals surface area contributed by atoms with E-state index in [4.69, 9.17) is 9.78 Å². The van der Waals surface area contributed by atoms with Gasteiger partial charge in [0.05, 0.1) is 0 Å². The van der Waals surface area contributed by atoms with Gasteiger partial charge in [0.25, 0.3) is 0 Å². The minimum absolute atomic E-state index is 0.0773. The van der Waals surface area contributed by atoms with Gasteiger partial charge in [-0.2, -0.15) is 9.78 Å². The highest BCUT2D eigenvalue weighted by atomic mass is 17.5. The van der Waals surface area contributed by atoms with Crippen LogP contribution in [0.3, 0.4) is 0 Å². The Morgan fingerprint density at radius 2 is 1.73 bits per heavy atom. The van der Waals surface area contributed by atoms with Gasteiger partial charge in [-0.25, -0.2) is 0 Å². The SMILES string of the molecule is CCCCCCCCC(=O)[C@@H]1[C@H](C=O)[C@H]2C[C@@H]1[C@@H]1OOO[C@H]21. The fourth-order valence-corrected chi connectivity index (χ4v) is 4.60. The average molecular weight is 310 g/mol. The summed E-state index contributed by atoms with van der Waals surface area (Å²) in [4.78, 5) is 34.3. The molecule has 3 aliphatic rings. The molecule has 0 spiro atoms. The molecule has 2 saturated carbocycles. The minimum atomic E-state index is -0.218. The van der Waals surface area contributed by atoms with Crippen LogP contribution in [-0.4, -0.2) is 24.3 Å². The molecule has 3 fully saturated rings. The molecule has 5 heteroatoms. The molecule has 3 rings (SSSR count). The van der Waals surface area contributed by atoms with Gasteiger partial charge < -0.3 is 4.79 Å². The van der Waals surface area contributed by atoms with Crippen molar-refractivity contribution in [3.05, 3.63) is 0 Å². The average Bonchev–Trinajstić information content (AvgIpc) is 3.20. The minimum Gasteiger partial charge on any atom is -0.303 e. The van der Waals surface area contributed by atoms with Crippen LogP contribution < -0.4 is 0 Å². The summed E-state index contributed by atoms with van der Waals surface area (Å²) in [6.07, 6.45) is 9.04. The monoisotopic (exact) mass is 310 g/mol. The third-order valence-electron chi connectivity index (χ3n) is 5.69. The zero-order valence-electron chi connectivity index (χ0n) is 13.2. The van der Waals surface area contributed by atoms with Crippen LogP contribution in [0.4, 0.5) is 0 Å². The van der Waals surface area contributed by atoms with Crippen LogP contribution in [0.25, 0.3) is 0 Å². The van der Waals surface area contributed by atoms with Crippen molar-refractivity contribution in [2.75, 3.05) is 0 Å². The summed E-state index contributed by atoms with van der Waals surface area (Å²) in [7, 11) is 0. The second kappa shape index (κ2) is 7.20. The summed E-state index contributed by atoms with van der Waals surface area (Å²) in [5.41, 5.74) is 0. The van der Waals surface area contributed by atoms with Crippen LogP contribution in [0, 0.1) is 23.7 Å². The second-order valence-electron chi connectivity index (χ2n) is 6.98. The quantitative estimate of drug-likeness (QED) is 0.372. The van der Waals surface area contributed by atoms with Crippen LogP contribution in [-0.2, 0) is 24.4 Å². The van der Waals surface area contributed by atoms with Gasteiger partial charge in [0, 0.05) is 30.1 Å². The van der Waals surface area contributed by atoms with E-state index in [0.29, 0.717) is 6.42 Å². The molecule has 0 aromatic heterocycles. The van der Waals surface area contributed by atoms with Gasteiger partial charge in [-0.1, -0.05) is 44.1 Å². The maximum atomic E-state index is 12.6. The highest BCUT2D eigenvalue weighted by Crippen LogP contribution is 2.56. The summed E-state index contributed by atoms with van der Waals surface area (Å²) in [5, 5.41) is 4.62. The normalized spacial score (nSPS) is 39.1. The number of carbonyl (C=O) groups excluding carboxylic acids is 2. The summed E-state index contributed by atoms with van der Waals surface area (Å²) in [5.74, 6) is -0.0170. The molecule has 0 radical (unpaired) electrons. The topological polar surface area (TPSA) is 61.8 Å². The van der Waals surface area contributed by atoms with E-state index in [2.05, 4.69) is 12.0 Å². The zero-order chi connectivity index (χ0) is 15.5. The fraction of sp³-hybridized carbons (Fsp3) is 0.882. The van der Waals surface area contributed by atoms with Crippen molar-refractivity contribution in [2.45, 2.75) is 70.5 Å². The Labute approximate surface area is 131 Å². The summed E-state index contributed by atoms with van der Waals surface area (Å²) in [6.45, 7) is 2.20. The summed E-state index contributed by atoms with van der Waals surface area (Å²) < 4.78 is 0. The summed E-state index contributed by atoms with van der Waals surface area (Å²) in [6, 6.07) is 0. The van der Waals surface area contributed by atoms with Gasteiger partial charge in [-0.15, -0.1) is 0 Å². The highest BCUT2D eigenvalue weighted by molar-refractivity contribution is 5.85. The first kappa shape index (κ1) is 16.1. The van der Waals surface area contributed by atoms with Gasteiger partial charge in [0.2, 0.25) is 0 Å². The lowest BCUT2D eigenvalue weighted by Gasteiger charge is -2.30. The Hall–Kier alpha value is -0.780. The number of fused-ring (bicyclic) bond motifs is 5. The van der Waals surface area contributed by atoms with Crippen molar-refractivity contribution < 1.29 is 24.4 Å². The third-order valence-corrected chi connectivity index (χ3v) is 5.69. The Morgan fingerprint density at radius 3 is 2.45 bits per heavy atom. The van der Waals surface area contributed by atoms with E-state index >= 15 is 0 Å². The van der Waals surface area contributed by atoms with E-state index in [1.54, 1.807) is 0 Å². The first-order valence-corrected chi connectivity index (χ1v) is 8.74. The summed E-state index contributed by atoms with van der Waals surface area (Å²) >= 11 is 0. The Morgan fingerprint density at radius 1 is 1.05 bits per heavy atom. The van der Waals surface area contributed by atoms with E-state index in [0.717, 1.165) is 25.5 Å².